The number of nitrogens with one attached hydrogen (secondary N) is 2. The van der Waals surface area contributed by atoms with Crippen molar-refractivity contribution >= 4 is 32.6 Å². The number of thiazole rings is 1. The van der Waals surface area contributed by atoms with Crippen molar-refractivity contribution in [2.24, 2.45) is 0 Å². The molecule has 0 bridgehead atoms. The second kappa shape index (κ2) is 7.09. The Morgan fingerprint density at radius 3 is 2.88 bits per heavy atom. The Balaban J connectivity index is 1.45. The van der Waals surface area contributed by atoms with Crippen LogP contribution in [0.2, 0.25) is 0 Å². The Bertz CT molecular complexity index is 957. The van der Waals surface area contributed by atoms with E-state index in [-0.39, 0.29) is 5.91 Å². The summed E-state index contributed by atoms with van der Waals surface area (Å²) in [6.07, 6.45) is 0. The lowest BCUT2D eigenvalue weighted by Crippen LogP contribution is -2.29. The number of carbonyl (C=O) groups is 1. The lowest BCUT2D eigenvalue weighted by atomic mass is 10.2. The first-order valence-corrected chi connectivity index (χ1v) is 9.04. The highest BCUT2D eigenvalue weighted by molar-refractivity contribution is 7.22. The van der Waals surface area contributed by atoms with E-state index in [0.717, 1.165) is 16.0 Å². The standard InChI is InChI=1S/C18H17N3O4S/c1-2-23-12-4-5-13-16(10-12)26-18(19-13)21-20-17(22)11-3-6-14-15(9-11)25-8-7-24-14/h3-6,9-10H,2,7-8H2,1H3,(H,19,21)(H,20,22). The van der Waals surface area contributed by atoms with E-state index in [1.165, 1.54) is 11.3 Å². The maximum atomic E-state index is 12.3. The van der Waals surface area contributed by atoms with E-state index in [1.807, 2.05) is 25.1 Å². The molecule has 0 spiro atoms. The van der Waals surface area contributed by atoms with Crippen molar-refractivity contribution < 1.29 is 19.0 Å². The fraction of sp³-hybridized carbons (Fsp3) is 0.222. The number of aromatic nitrogens is 1. The maximum absolute atomic E-state index is 12.3. The average Bonchev–Trinajstić information content (AvgIpc) is 3.08. The summed E-state index contributed by atoms with van der Waals surface area (Å²) in [6.45, 7) is 3.55. The Morgan fingerprint density at radius 1 is 1.19 bits per heavy atom. The van der Waals surface area contributed by atoms with Gasteiger partial charge in [-0.15, -0.1) is 0 Å². The summed E-state index contributed by atoms with van der Waals surface area (Å²) in [4.78, 5) is 16.8. The molecule has 1 aliphatic heterocycles. The van der Waals surface area contributed by atoms with Gasteiger partial charge in [-0.1, -0.05) is 11.3 Å². The van der Waals surface area contributed by atoms with Crippen molar-refractivity contribution in [1.82, 2.24) is 10.4 Å². The van der Waals surface area contributed by atoms with Crippen LogP contribution in [0.25, 0.3) is 10.2 Å². The van der Waals surface area contributed by atoms with Crippen LogP contribution in [0.4, 0.5) is 5.13 Å². The second-order valence-corrected chi connectivity index (χ2v) is 6.55. The molecule has 1 amide bonds. The van der Waals surface area contributed by atoms with Gasteiger partial charge >= 0.3 is 0 Å². The molecule has 7 nitrogen and oxygen atoms in total. The molecule has 26 heavy (non-hydrogen) atoms. The van der Waals surface area contributed by atoms with Gasteiger partial charge in [0.1, 0.15) is 19.0 Å². The molecule has 0 atom stereocenters. The van der Waals surface area contributed by atoms with Gasteiger partial charge in [0.15, 0.2) is 11.5 Å². The van der Waals surface area contributed by atoms with Crippen LogP contribution in [-0.2, 0) is 0 Å². The van der Waals surface area contributed by atoms with Crippen LogP contribution in [0.15, 0.2) is 36.4 Å². The van der Waals surface area contributed by atoms with Gasteiger partial charge in [0.05, 0.1) is 16.8 Å². The zero-order valence-electron chi connectivity index (χ0n) is 14.1. The number of ether oxygens (including phenoxy) is 3. The van der Waals surface area contributed by atoms with E-state index in [4.69, 9.17) is 14.2 Å². The van der Waals surface area contributed by atoms with Gasteiger partial charge < -0.3 is 14.2 Å². The Hall–Kier alpha value is -3.00. The zero-order chi connectivity index (χ0) is 17.9. The predicted octanol–water partition coefficient (Wildman–Crippen LogP) is 3.22. The van der Waals surface area contributed by atoms with Crippen molar-refractivity contribution in [3.05, 3.63) is 42.0 Å². The van der Waals surface area contributed by atoms with Gasteiger partial charge in [-0.3, -0.25) is 15.6 Å². The van der Waals surface area contributed by atoms with E-state index in [0.29, 0.717) is 42.0 Å². The van der Waals surface area contributed by atoms with Crippen LogP contribution in [0.5, 0.6) is 17.2 Å². The summed E-state index contributed by atoms with van der Waals surface area (Å²) < 4.78 is 17.4. The molecular formula is C18H17N3O4S. The van der Waals surface area contributed by atoms with Crippen molar-refractivity contribution in [3.8, 4) is 17.2 Å². The van der Waals surface area contributed by atoms with Crippen molar-refractivity contribution in [3.63, 3.8) is 0 Å². The molecule has 2 heterocycles. The molecule has 0 aliphatic carbocycles. The number of hydrogen-bond donors (Lipinski definition) is 2. The van der Waals surface area contributed by atoms with Gasteiger partial charge in [-0.05, 0) is 43.3 Å². The smallest absolute Gasteiger partial charge is 0.269 e. The third-order valence-electron chi connectivity index (χ3n) is 3.76. The molecule has 1 aliphatic rings. The summed E-state index contributed by atoms with van der Waals surface area (Å²) in [5.74, 6) is 1.75. The lowest BCUT2D eigenvalue weighted by Gasteiger charge is -2.18. The number of nitrogens with zero attached hydrogens (tertiary/aromatic N) is 1. The molecule has 134 valence electrons. The van der Waals surface area contributed by atoms with Crippen molar-refractivity contribution in [1.29, 1.82) is 0 Å². The van der Waals surface area contributed by atoms with Crippen molar-refractivity contribution in [2.75, 3.05) is 25.2 Å². The molecule has 2 aromatic carbocycles. The van der Waals surface area contributed by atoms with E-state index in [1.54, 1.807) is 18.2 Å². The van der Waals surface area contributed by atoms with E-state index >= 15 is 0 Å². The third kappa shape index (κ3) is 3.36. The number of benzene rings is 2. The molecular weight excluding hydrogens is 354 g/mol. The SMILES string of the molecule is CCOc1ccc2nc(NNC(=O)c3ccc4c(c3)OCCO4)sc2c1. The summed E-state index contributed by atoms with van der Waals surface area (Å²) in [7, 11) is 0. The monoisotopic (exact) mass is 371 g/mol. The molecule has 0 saturated carbocycles. The fourth-order valence-electron chi connectivity index (χ4n) is 2.58. The number of amides is 1. The van der Waals surface area contributed by atoms with Crippen LogP contribution in [0.1, 0.15) is 17.3 Å². The molecule has 0 radical (unpaired) electrons. The first-order valence-electron chi connectivity index (χ1n) is 8.22. The lowest BCUT2D eigenvalue weighted by molar-refractivity contribution is 0.0961. The van der Waals surface area contributed by atoms with Crippen LogP contribution >= 0.6 is 11.3 Å². The summed E-state index contributed by atoms with van der Waals surface area (Å²) in [5.41, 5.74) is 6.83. The normalized spacial score (nSPS) is 12.7. The number of anilines is 1. The summed E-state index contributed by atoms with van der Waals surface area (Å²) in [5, 5.41) is 0.597. The number of carbonyl (C=O) groups excluding carboxylic acids is 1. The minimum atomic E-state index is -0.281. The average molecular weight is 371 g/mol. The third-order valence-corrected chi connectivity index (χ3v) is 4.69. The molecule has 1 aromatic heterocycles. The maximum Gasteiger partial charge on any atom is 0.269 e. The largest absolute Gasteiger partial charge is 0.494 e. The van der Waals surface area contributed by atoms with Gasteiger partial charge in [-0.25, -0.2) is 4.98 Å². The van der Waals surface area contributed by atoms with Crippen LogP contribution in [-0.4, -0.2) is 30.7 Å². The Labute approximate surface area is 153 Å². The molecule has 0 fully saturated rings. The predicted molar refractivity (Wildman–Crippen MR) is 99.3 cm³/mol. The first-order chi connectivity index (χ1) is 12.7. The summed E-state index contributed by atoms with van der Waals surface area (Å²) in [6, 6.07) is 10.8. The molecule has 0 unspecified atom stereocenters. The topological polar surface area (TPSA) is 81.7 Å². The Kier molecular flexibility index (Phi) is 4.49. The number of hydrogen-bond acceptors (Lipinski definition) is 7. The molecule has 0 saturated heterocycles. The van der Waals surface area contributed by atoms with Gasteiger partial charge in [-0.2, -0.15) is 0 Å². The Morgan fingerprint density at radius 2 is 2.04 bits per heavy atom. The zero-order valence-corrected chi connectivity index (χ0v) is 14.9. The van der Waals surface area contributed by atoms with Gasteiger partial charge in [0.25, 0.3) is 5.91 Å². The van der Waals surface area contributed by atoms with Crippen molar-refractivity contribution in [2.45, 2.75) is 6.92 Å². The quantitative estimate of drug-likeness (QED) is 0.670. The van der Waals surface area contributed by atoms with E-state index in [9.17, 15) is 4.79 Å². The van der Waals surface area contributed by atoms with Crippen LogP contribution in [0.3, 0.4) is 0 Å². The highest BCUT2D eigenvalue weighted by Crippen LogP contribution is 2.31. The number of fused-ring (bicyclic) bond motifs is 2. The van der Waals surface area contributed by atoms with E-state index in [2.05, 4.69) is 15.8 Å². The first kappa shape index (κ1) is 16.5. The van der Waals surface area contributed by atoms with Crippen LogP contribution < -0.4 is 25.1 Å². The summed E-state index contributed by atoms with van der Waals surface area (Å²) >= 11 is 1.44. The number of rotatable bonds is 5. The minimum absolute atomic E-state index is 0.281. The fourth-order valence-corrected chi connectivity index (χ4v) is 3.43. The van der Waals surface area contributed by atoms with Crippen LogP contribution in [0, 0.1) is 0 Å². The highest BCUT2D eigenvalue weighted by atomic mass is 32.1. The molecule has 2 N–H and O–H groups in total. The number of hydrazine groups is 1. The highest BCUT2D eigenvalue weighted by Gasteiger charge is 2.15. The molecule has 3 aromatic rings. The van der Waals surface area contributed by atoms with Gasteiger partial charge in [0.2, 0.25) is 5.13 Å². The molecule has 8 heteroatoms. The second-order valence-electron chi connectivity index (χ2n) is 5.52. The van der Waals surface area contributed by atoms with Gasteiger partial charge in [0, 0.05) is 5.56 Å². The van der Waals surface area contributed by atoms with E-state index < -0.39 is 0 Å². The molecule has 4 rings (SSSR count). The minimum Gasteiger partial charge on any atom is -0.494 e.